The first-order chi connectivity index (χ1) is 18.7. The van der Waals surface area contributed by atoms with Crippen molar-refractivity contribution in [2.75, 3.05) is 32.7 Å². The van der Waals surface area contributed by atoms with Gasteiger partial charge in [0.2, 0.25) is 0 Å². The molecule has 0 saturated carbocycles. The number of benzene rings is 2. The van der Waals surface area contributed by atoms with E-state index in [-0.39, 0.29) is 34.8 Å². The molecule has 1 heterocycles. The van der Waals surface area contributed by atoms with Gasteiger partial charge in [0.1, 0.15) is 5.75 Å². The lowest BCUT2D eigenvalue weighted by Gasteiger charge is -2.39. The zero-order valence-corrected chi connectivity index (χ0v) is 26.4. The predicted molar refractivity (Wildman–Crippen MR) is 165 cm³/mol. The molecule has 2 aromatic carbocycles. The van der Waals surface area contributed by atoms with Crippen molar-refractivity contribution in [3.05, 3.63) is 64.7 Å². The number of rotatable bonds is 14. The second-order valence-corrected chi connectivity index (χ2v) is 17.8. The third kappa shape index (κ3) is 9.14. The molecule has 0 spiro atoms. The van der Waals surface area contributed by atoms with Crippen LogP contribution in [0, 0.1) is 0 Å². The maximum Gasteiger partial charge on any atom is 0.251 e. The number of hydrogen-bond acceptors (Lipinski definition) is 6. The van der Waals surface area contributed by atoms with Gasteiger partial charge in [0, 0.05) is 36.3 Å². The molecule has 1 amide bonds. The molecule has 222 valence electrons. The van der Waals surface area contributed by atoms with Crippen LogP contribution in [0.2, 0.25) is 18.1 Å². The normalized spacial score (nSPS) is 15.8. The number of phenols is 1. The van der Waals surface area contributed by atoms with Crippen molar-refractivity contribution in [3.8, 4) is 5.75 Å². The highest BCUT2D eigenvalue weighted by Gasteiger charge is 2.40. The molecular formula is C32H51N3O4Si. The predicted octanol–water partition coefficient (Wildman–Crippen LogP) is 4.77. The van der Waals surface area contributed by atoms with E-state index in [4.69, 9.17) is 0 Å². The number of likely N-dealkylation sites (tertiary alicyclic amines) is 1. The lowest BCUT2D eigenvalue weighted by molar-refractivity contribution is 0.0949. The molecule has 8 heteroatoms. The summed E-state index contributed by atoms with van der Waals surface area (Å²) >= 11 is 0. The zero-order chi connectivity index (χ0) is 29.6. The Bertz CT molecular complexity index is 1120. The highest BCUT2D eigenvalue weighted by Crippen LogP contribution is 2.44. The first kappa shape index (κ1) is 32.3. The van der Waals surface area contributed by atoms with Gasteiger partial charge in [-0.05, 0) is 112 Å². The van der Waals surface area contributed by atoms with Gasteiger partial charge in [0.15, 0.2) is 8.32 Å². The van der Waals surface area contributed by atoms with Gasteiger partial charge in [-0.2, -0.15) is 0 Å². The average Bonchev–Trinajstić information content (AvgIpc) is 3.39. The third-order valence-electron chi connectivity index (χ3n) is 8.73. The van der Waals surface area contributed by atoms with E-state index in [0.29, 0.717) is 24.2 Å². The molecule has 40 heavy (non-hydrogen) atoms. The van der Waals surface area contributed by atoms with Crippen LogP contribution in [-0.2, 0) is 13.0 Å². The Balaban J connectivity index is 1.68. The van der Waals surface area contributed by atoms with Crippen molar-refractivity contribution >= 4 is 14.2 Å². The summed E-state index contributed by atoms with van der Waals surface area (Å²) in [4.78, 5) is 26.2. The molecule has 0 bridgehead atoms. The van der Waals surface area contributed by atoms with Gasteiger partial charge < -0.3 is 30.5 Å². The van der Waals surface area contributed by atoms with E-state index < -0.39 is 8.32 Å². The van der Waals surface area contributed by atoms with Crippen LogP contribution in [0.5, 0.6) is 5.75 Å². The highest BCUT2D eigenvalue weighted by molar-refractivity contribution is 6.72. The van der Waals surface area contributed by atoms with E-state index in [1.165, 1.54) is 12.8 Å². The molecule has 0 radical (unpaired) electrons. The molecule has 3 rings (SSSR count). The number of nitrogens with zero attached hydrogens (tertiary/aromatic N) is 1. The van der Waals surface area contributed by atoms with Crippen LogP contribution in [0.3, 0.4) is 0 Å². The van der Waals surface area contributed by atoms with Gasteiger partial charge >= 0.3 is 0 Å². The van der Waals surface area contributed by atoms with Gasteiger partial charge in [-0.25, -0.2) is 0 Å². The zero-order valence-electron chi connectivity index (χ0n) is 25.4. The second kappa shape index (κ2) is 13.6. The van der Waals surface area contributed by atoms with Crippen molar-refractivity contribution in [2.24, 2.45) is 0 Å². The number of hydrogen-bond donors (Lipinski definition) is 5. The van der Waals surface area contributed by atoms with Crippen LogP contribution in [-0.4, -0.2) is 72.4 Å². The molecule has 1 aliphatic heterocycles. The standard InChI is InChI=1S/C32H51N3O4Si/c1-31(2,20-24-10-9-11-26(18-24)30(38)33-14-17-35-15-7-8-16-35)34-22-28(21-32(3,4)40(5,6)39)25-12-13-29(37)27(19-25)23-36/h9-13,18-19,28,34,36-37,39H,7-8,14-17,20-23H2,1-6H3,(H,33,38)/t28-/m0/s1. The quantitative estimate of drug-likeness (QED) is 0.210. The Labute approximate surface area is 242 Å². The van der Waals surface area contributed by atoms with Crippen LogP contribution >= 0.6 is 0 Å². The largest absolute Gasteiger partial charge is 0.508 e. The molecule has 1 fully saturated rings. The highest BCUT2D eigenvalue weighted by atomic mass is 28.4. The van der Waals surface area contributed by atoms with Crippen molar-refractivity contribution in [1.82, 2.24) is 15.5 Å². The first-order valence-electron chi connectivity index (χ1n) is 14.7. The van der Waals surface area contributed by atoms with Gasteiger partial charge in [-0.3, -0.25) is 4.79 Å². The van der Waals surface area contributed by atoms with Gasteiger partial charge in [-0.15, -0.1) is 0 Å². The minimum atomic E-state index is -2.45. The number of carbonyl (C=O) groups excluding carboxylic acids is 1. The third-order valence-corrected chi connectivity index (χ3v) is 12.2. The topological polar surface area (TPSA) is 105 Å². The first-order valence-corrected chi connectivity index (χ1v) is 17.6. The Morgan fingerprint density at radius 1 is 1.07 bits per heavy atom. The van der Waals surface area contributed by atoms with E-state index >= 15 is 0 Å². The van der Waals surface area contributed by atoms with E-state index in [1.807, 2.05) is 43.4 Å². The molecule has 2 aromatic rings. The van der Waals surface area contributed by atoms with Crippen molar-refractivity contribution in [1.29, 1.82) is 0 Å². The Kier molecular flexibility index (Phi) is 11.0. The maximum atomic E-state index is 12.8. The number of carbonyl (C=O) groups is 1. The SMILES string of the molecule is CC(C)(Cc1cccc(C(=O)NCCN2CCCC2)c1)NC[C@H](CC(C)(C)[Si](C)(C)O)c1ccc(O)c(CO)c1. The minimum absolute atomic E-state index is 0.0306. The van der Waals surface area contributed by atoms with Crippen LogP contribution in [0.25, 0.3) is 0 Å². The summed E-state index contributed by atoms with van der Waals surface area (Å²) < 4.78 is 0. The molecule has 1 aliphatic rings. The molecule has 1 saturated heterocycles. The van der Waals surface area contributed by atoms with E-state index in [1.54, 1.807) is 6.07 Å². The van der Waals surface area contributed by atoms with Crippen LogP contribution < -0.4 is 10.6 Å². The summed E-state index contributed by atoms with van der Waals surface area (Å²) in [5, 5.41) is 26.4. The van der Waals surface area contributed by atoms with E-state index in [0.717, 1.165) is 43.6 Å². The summed E-state index contributed by atoms with van der Waals surface area (Å²) in [7, 11) is -2.45. The fraction of sp³-hybridized carbons (Fsp3) is 0.594. The summed E-state index contributed by atoms with van der Waals surface area (Å²) in [6.07, 6.45) is 4.01. The van der Waals surface area contributed by atoms with Crippen LogP contribution in [0.15, 0.2) is 42.5 Å². The lowest BCUT2D eigenvalue weighted by Crippen LogP contribution is -2.45. The van der Waals surface area contributed by atoms with Crippen LogP contribution in [0.1, 0.15) is 79.9 Å². The van der Waals surface area contributed by atoms with Gasteiger partial charge in [0.25, 0.3) is 5.91 Å². The molecule has 5 N–H and O–H groups in total. The fourth-order valence-corrected chi connectivity index (χ4v) is 6.14. The number of aliphatic hydroxyl groups is 1. The number of nitrogens with one attached hydrogen (secondary N) is 2. The monoisotopic (exact) mass is 569 g/mol. The molecule has 7 nitrogen and oxygen atoms in total. The van der Waals surface area contributed by atoms with E-state index in [9.17, 15) is 19.8 Å². The Morgan fingerprint density at radius 3 is 2.42 bits per heavy atom. The van der Waals surface area contributed by atoms with Crippen molar-refractivity contribution in [3.63, 3.8) is 0 Å². The van der Waals surface area contributed by atoms with Crippen molar-refractivity contribution in [2.45, 2.75) is 89.6 Å². The second-order valence-electron chi connectivity index (χ2n) is 13.3. The van der Waals surface area contributed by atoms with Crippen LogP contribution in [0.4, 0.5) is 0 Å². The molecule has 1 atom stereocenters. The van der Waals surface area contributed by atoms with E-state index in [2.05, 4.69) is 49.3 Å². The Hall–Kier alpha value is -2.23. The smallest absolute Gasteiger partial charge is 0.251 e. The summed E-state index contributed by atoms with van der Waals surface area (Å²) in [6.45, 7) is 16.8. The van der Waals surface area contributed by atoms with Gasteiger partial charge in [0.05, 0.1) is 6.61 Å². The molecule has 0 aliphatic carbocycles. The van der Waals surface area contributed by atoms with Gasteiger partial charge in [-0.1, -0.05) is 32.0 Å². The summed E-state index contributed by atoms with van der Waals surface area (Å²) in [6, 6.07) is 13.3. The average molecular weight is 570 g/mol. The minimum Gasteiger partial charge on any atom is -0.508 e. The molecule has 0 aromatic heterocycles. The molecular weight excluding hydrogens is 518 g/mol. The summed E-state index contributed by atoms with van der Waals surface area (Å²) in [5.41, 5.74) is 3.07. The number of aliphatic hydroxyl groups excluding tert-OH is 1. The number of aromatic hydroxyl groups is 1. The lowest BCUT2D eigenvalue weighted by atomic mass is 9.87. The Morgan fingerprint density at radius 2 is 1.77 bits per heavy atom. The van der Waals surface area contributed by atoms with Crippen molar-refractivity contribution < 1.29 is 19.8 Å². The molecule has 0 unspecified atom stereocenters. The summed E-state index contributed by atoms with van der Waals surface area (Å²) in [5.74, 6) is 0.137. The maximum absolute atomic E-state index is 12.8. The number of amides is 1. The fourth-order valence-electron chi connectivity index (χ4n) is 5.39.